The zero-order valence-corrected chi connectivity index (χ0v) is 18.4. The zero-order valence-electron chi connectivity index (χ0n) is 18.4. The third-order valence-electron chi connectivity index (χ3n) is 5.70. The number of benzene rings is 1. The second kappa shape index (κ2) is 9.58. The first-order valence-electron chi connectivity index (χ1n) is 10.8. The summed E-state index contributed by atoms with van der Waals surface area (Å²) in [5.74, 6) is -2.08. The van der Waals surface area contributed by atoms with Crippen molar-refractivity contribution in [3.63, 3.8) is 0 Å². The number of carbonyl (C=O) groups excluding carboxylic acids is 2. The first-order chi connectivity index (χ1) is 14.7. The van der Waals surface area contributed by atoms with Gasteiger partial charge in [0.2, 0.25) is 5.91 Å². The smallest absolute Gasteiger partial charge is 0.343 e. The van der Waals surface area contributed by atoms with Gasteiger partial charge in [-0.25, -0.2) is 18.3 Å². The molecule has 1 saturated carbocycles. The molecule has 0 bridgehead atoms. The molecule has 1 fully saturated rings. The van der Waals surface area contributed by atoms with Crippen LogP contribution in [0.2, 0.25) is 0 Å². The maximum Gasteiger partial charge on any atom is 0.343 e. The van der Waals surface area contributed by atoms with Crippen molar-refractivity contribution in [2.75, 3.05) is 11.5 Å². The highest BCUT2D eigenvalue weighted by molar-refractivity contribution is 6.02. The van der Waals surface area contributed by atoms with Crippen molar-refractivity contribution in [3.05, 3.63) is 41.6 Å². The largest absolute Gasteiger partial charge is 0.462 e. The highest BCUT2D eigenvalue weighted by Gasteiger charge is 2.34. The second-order valence-corrected chi connectivity index (χ2v) is 8.39. The third-order valence-corrected chi connectivity index (χ3v) is 5.70. The minimum Gasteiger partial charge on any atom is -0.462 e. The van der Waals surface area contributed by atoms with Crippen LogP contribution in [0.25, 0.3) is 5.69 Å². The molecule has 2 aromatic rings. The van der Waals surface area contributed by atoms with Gasteiger partial charge in [0.25, 0.3) is 0 Å². The van der Waals surface area contributed by atoms with Crippen LogP contribution in [0.3, 0.4) is 0 Å². The molecule has 8 heteroatoms. The van der Waals surface area contributed by atoms with Crippen LogP contribution >= 0.6 is 0 Å². The van der Waals surface area contributed by atoms with Crippen LogP contribution in [-0.4, -0.2) is 34.3 Å². The maximum atomic E-state index is 13.8. The van der Waals surface area contributed by atoms with Gasteiger partial charge in [-0.3, -0.25) is 9.69 Å². The predicted octanol–water partition coefficient (Wildman–Crippen LogP) is 4.89. The Morgan fingerprint density at radius 2 is 1.87 bits per heavy atom. The first-order valence-corrected chi connectivity index (χ1v) is 10.8. The average Bonchev–Trinajstić information content (AvgIpc) is 3.15. The van der Waals surface area contributed by atoms with Crippen molar-refractivity contribution in [2.24, 2.45) is 11.8 Å². The van der Waals surface area contributed by atoms with Gasteiger partial charge in [-0.05, 0) is 64.5 Å². The Hall–Kier alpha value is -2.77. The number of halogens is 2. The maximum absolute atomic E-state index is 13.8. The van der Waals surface area contributed by atoms with E-state index < -0.39 is 17.6 Å². The summed E-state index contributed by atoms with van der Waals surface area (Å²) in [6, 6.07) is 3.08. The summed E-state index contributed by atoms with van der Waals surface area (Å²) in [5.41, 5.74) is 0.344. The SMILES string of the molecule is CCOC(=O)c1cn(-c2ccc(F)c(F)c2)nc1N(C(=O)C1CCC(C)CC1)C(C)C. The summed E-state index contributed by atoms with van der Waals surface area (Å²) < 4.78 is 33.6. The van der Waals surface area contributed by atoms with E-state index in [9.17, 15) is 18.4 Å². The van der Waals surface area contributed by atoms with Gasteiger partial charge in [0.05, 0.1) is 12.3 Å². The minimum absolute atomic E-state index is 0.0806. The molecule has 0 aliphatic heterocycles. The van der Waals surface area contributed by atoms with Gasteiger partial charge in [-0.1, -0.05) is 6.92 Å². The Bertz CT molecular complexity index is 950. The normalized spacial score (nSPS) is 18.8. The van der Waals surface area contributed by atoms with Crippen molar-refractivity contribution < 1.29 is 23.1 Å². The monoisotopic (exact) mass is 433 g/mol. The summed E-state index contributed by atoms with van der Waals surface area (Å²) in [7, 11) is 0. The lowest BCUT2D eigenvalue weighted by Crippen LogP contribution is -2.43. The van der Waals surface area contributed by atoms with Crippen molar-refractivity contribution in [3.8, 4) is 5.69 Å². The molecule has 0 radical (unpaired) electrons. The van der Waals surface area contributed by atoms with Crippen LogP contribution in [-0.2, 0) is 9.53 Å². The van der Waals surface area contributed by atoms with E-state index in [1.54, 1.807) is 6.92 Å². The van der Waals surface area contributed by atoms with Crippen molar-refractivity contribution in [1.82, 2.24) is 9.78 Å². The van der Waals surface area contributed by atoms with Gasteiger partial charge in [0.1, 0.15) is 5.56 Å². The van der Waals surface area contributed by atoms with Gasteiger partial charge in [-0.15, -0.1) is 5.10 Å². The van der Waals surface area contributed by atoms with Crippen LogP contribution in [0, 0.1) is 23.5 Å². The Morgan fingerprint density at radius 1 is 1.19 bits per heavy atom. The minimum atomic E-state index is -1.03. The van der Waals surface area contributed by atoms with E-state index >= 15 is 0 Å². The van der Waals surface area contributed by atoms with Crippen LogP contribution in [0.1, 0.15) is 63.7 Å². The Kier molecular flexibility index (Phi) is 7.08. The summed E-state index contributed by atoms with van der Waals surface area (Å²) in [5, 5.41) is 4.44. The lowest BCUT2D eigenvalue weighted by atomic mass is 9.82. The van der Waals surface area contributed by atoms with E-state index in [4.69, 9.17) is 4.74 Å². The number of ether oxygens (including phenoxy) is 1. The number of carbonyl (C=O) groups is 2. The number of anilines is 1. The van der Waals surface area contributed by atoms with Crippen molar-refractivity contribution in [2.45, 2.75) is 59.4 Å². The van der Waals surface area contributed by atoms with E-state index in [0.717, 1.165) is 37.8 Å². The van der Waals surface area contributed by atoms with Gasteiger partial charge < -0.3 is 4.74 Å². The molecule has 1 amide bonds. The summed E-state index contributed by atoms with van der Waals surface area (Å²) >= 11 is 0. The topological polar surface area (TPSA) is 64.4 Å². The number of amides is 1. The molecule has 1 aliphatic carbocycles. The fraction of sp³-hybridized carbons (Fsp3) is 0.522. The number of hydrogen-bond donors (Lipinski definition) is 0. The zero-order chi connectivity index (χ0) is 22.7. The third kappa shape index (κ3) is 4.94. The lowest BCUT2D eigenvalue weighted by Gasteiger charge is -2.32. The van der Waals surface area contributed by atoms with Crippen LogP contribution < -0.4 is 4.90 Å². The lowest BCUT2D eigenvalue weighted by molar-refractivity contribution is -0.124. The van der Waals surface area contributed by atoms with Gasteiger partial charge in [-0.2, -0.15) is 0 Å². The molecule has 0 unspecified atom stereocenters. The molecular weight excluding hydrogens is 404 g/mol. The Balaban J connectivity index is 2.04. The van der Waals surface area contributed by atoms with Gasteiger partial charge >= 0.3 is 5.97 Å². The Morgan fingerprint density at radius 3 is 2.45 bits per heavy atom. The molecule has 1 aromatic carbocycles. The molecule has 168 valence electrons. The van der Waals surface area contributed by atoms with E-state index in [1.807, 2.05) is 13.8 Å². The molecule has 0 N–H and O–H groups in total. The van der Waals surface area contributed by atoms with Gasteiger partial charge in [0.15, 0.2) is 17.5 Å². The van der Waals surface area contributed by atoms with Crippen molar-refractivity contribution >= 4 is 17.7 Å². The summed E-state index contributed by atoms with van der Waals surface area (Å²) in [6.45, 7) is 7.74. The number of hydrogen-bond acceptors (Lipinski definition) is 4. The second-order valence-electron chi connectivity index (χ2n) is 8.39. The molecule has 31 heavy (non-hydrogen) atoms. The van der Waals surface area contributed by atoms with Gasteiger partial charge in [0, 0.05) is 24.2 Å². The van der Waals surface area contributed by atoms with E-state index in [-0.39, 0.29) is 41.5 Å². The molecule has 3 rings (SSSR count). The Labute approximate surface area is 181 Å². The molecule has 6 nitrogen and oxygen atoms in total. The number of rotatable bonds is 6. The highest BCUT2D eigenvalue weighted by atomic mass is 19.2. The fourth-order valence-corrected chi connectivity index (χ4v) is 3.96. The summed E-state index contributed by atoms with van der Waals surface area (Å²) in [6.07, 6.45) is 4.95. The fourth-order valence-electron chi connectivity index (χ4n) is 3.96. The molecule has 0 saturated heterocycles. The molecule has 1 aliphatic rings. The van der Waals surface area contributed by atoms with E-state index in [1.165, 1.54) is 21.8 Å². The van der Waals surface area contributed by atoms with Crippen molar-refractivity contribution in [1.29, 1.82) is 0 Å². The van der Waals surface area contributed by atoms with Crippen LogP contribution in [0.5, 0.6) is 0 Å². The number of nitrogens with zero attached hydrogens (tertiary/aromatic N) is 3. The number of aromatic nitrogens is 2. The standard InChI is InChI=1S/C23H29F2N3O3/c1-5-31-23(30)18-13-27(17-10-11-19(24)20(25)12-17)26-21(18)28(14(2)3)22(29)16-8-6-15(4)7-9-16/h10-16H,5-9H2,1-4H3. The molecular formula is C23H29F2N3O3. The molecule has 0 spiro atoms. The molecule has 1 heterocycles. The number of esters is 1. The molecule has 1 aromatic heterocycles. The first kappa shape index (κ1) is 22.9. The highest BCUT2D eigenvalue weighted by Crippen LogP contribution is 2.33. The average molecular weight is 433 g/mol. The summed E-state index contributed by atoms with van der Waals surface area (Å²) in [4.78, 5) is 27.6. The van der Waals surface area contributed by atoms with Crippen LogP contribution in [0.15, 0.2) is 24.4 Å². The molecule has 0 atom stereocenters. The van der Waals surface area contributed by atoms with Crippen LogP contribution in [0.4, 0.5) is 14.6 Å². The quantitative estimate of drug-likeness (QED) is 0.608. The van der Waals surface area contributed by atoms with E-state index in [0.29, 0.717) is 5.92 Å². The predicted molar refractivity (Wildman–Crippen MR) is 113 cm³/mol. The van der Waals surface area contributed by atoms with E-state index in [2.05, 4.69) is 12.0 Å².